The molecule has 1 N–H and O–H groups in total. The maximum Gasteiger partial charge on any atom is 0.230 e. The summed E-state index contributed by atoms with van der Waals surface area (Å²) in [5, 5.41) is 3.15. The molecule has 0 spiro atoms. The molecule has 4 aliphatic carbocycles. The van der Waals surface area contributed by atoms with Crippen LogP contribution in [-0.4, -0.2) is 24.5 Å². The first-order valence-electron chi connectivity index (χ1n) is 8.68. The Balaban J connectivity index is 1.56. The van der Waals surface area contributed by atoms with Crippen molar-refractivity contribution < 1.29 is 14.3 Å². The zero-order chi connectivity index (χ0) is 16.9. The monoisotopic (exact) mass is 393 g/mol. The summed E-state index contributed by atoms with van der Waals surface area (Å²) in [6.45, 7) is 0. The van der Waals surface area contributed by atoms with Crippen molar-refractivity contribution in [2.45, 2.75) is 42.8 Å². The maximum atomic E-state index is 13.2. The van der Waals surface area contributed by atoms with Crippen molar-refractivity contribution in [2.75, 3.05) is 19.5 Å². The van der Waals surface area contributed by atoms with Crippen molar-refractivity contribution in [3.63, 3.8) is 0 Å². The Hall–Kier alpha value is -1.23. The van der Waals surface area contributed by atoms with Gasteiger partial charge in [-0.2, -0.15) is 0 Å². The average Bonchev–Trinajstić information content (AvgIpc) is 2.52. The van der Waals surface area contributed by atoms with Gasteiger partial charge in [0.2, 0.25) is 5.91 Å². The summed E-state index contributed by atoms with van der Waals surface area (Å²) in [7, 11) is 3.22. The average molecular weight is 394 g/mol. The van der Waals surface area contributed by atoms with E-state index in [1.54, 1.807) is 14.2 Å². The summed E-state index contributed by atoms with van der Waals surface area (Å²) in [4.78, 5) is 13.2. The molecule has 4 fully saturated rings. The highest BCUT2D eigenvalue weighted by Crippen LogP contribution is 2.64. The fraction of sp³-hybridized carbons (Fsp3) is 0.632. The minimum atomic E-state index is -0.208. The molecule has 130 valence electrons. The Bertz CT molecular complexity index is 661. The van der Waals surface area contributed by atoms with Crippen LogP contribution in [0.15, 0.2) is 18.2 Å². The molecule has 5 heteroatoms. The Morgan fingerprint density at radius 1 is 1.12 bits per heavy atom. The van der Waals surface area contributed by atoms with Crippen LogP contribution >= 0.6 is 15.9 Å². The van der Waals surface area contributed by atoms with Crippen molar-refractivity contribution in [3.8, 4) is 11.5 Å². The Kier molecular flexibility index (Phi) is 3.83. The van der Waals surface area contributed by atoms with E-state index in [2.05, 4.69) is 21.2 Å². The summed E-state index contributed by atoms with van der Waals surface area (Å²) in [5.74, 6) is 2.87. The van der Waals surface area contributed by atoms with Crippen LogP contribution in [0, 0.1) is 17.3 Å². The predicted molar refractivity (Wildman–Crippen MR) is 96.9 cm³/mol. The van der Waals surface area contributed by atoms with Gasteiger partial charge >= 0.3 is 0 Å². The van der Waals surface area contributed by atoms with E-state index in [4.69, 9.17) is 9.47 Å². The SMILES string of the molecule is COc1ccc(NC(=O)C23C[C@@H]4C[C@@H](CC(Br)(C4)C2)C3)cc1OC. The number of ether oxygens (including phenoxy) is 2. The van der Waals surface area contributed by atoms with Gasteiger partial charge in [0.05, 0.1) is 19.6 Å². The van der Waals surface area contributed by atoms with Gasteiger partial charge in [-0.1, -0.05) is 15.9 Å². The van der Waals surface area contributed by atoms with Crippen molar-refractivity contribution in [1.29, 1.82) is 0 Å². The Morgan fingerprint density at radius 2 is 1.79 bits per heavy atom. The van der Waals surface area contributed by atoms with Crippen LogP contribution in [0.4, 0.5) is 5.69 Å². The van der Waals surface area contributed by atoms with E-state index in [9.17, 15) is 4.79 Å². The van der Waals surface area contributed by atoms with E-state index in [-0.39, 0.29) is 15.6 Å². The molecule has 24 heavy (non-hydrogen) atoms. The van der Waals surface area contributed by atoms with Crippen LogP contribution in [0.2, 0.25) is 0 Å². The van der Waals surface area contributed by atoms with E-state index in [0.29, 0.717) is 23.3 Å². The molecule has 4 nitrogen and oxygen atoms in total. The van der Waals surface area contributed by atoms with E-state index < -0.39 is 0 Å². The standard InChI is InChI=1S/C19H24BrNO3/c1-23-15-4-3-14(6-16(15)24-2)21-17(22)18-7-12-5-13(8-18)10-19(20,9-12)11-18/h3-4,6,12-13H,5,7-11H2,1-2H3,(H,21,22)/t12-,13+,18?,19?. The number of alkyl halides is 1. The second kappa shape index (κ2) is 5.65. The molecule has 1 aromatic rings. The molecule has 1 amide bonds. The lowest BCUT2D eigenvalue weighted by Crippen LogP contribution is -2.57. The van der Waals surface area contributed by atoms with Gasteiger partial charge in [-0.15, -0.1) is 0 Å². The molecule has 0 saturated heterocycles. The molecule has 4 bridgehead atoms. The lowest BCUT2D eigenvalue weighted by molar-refractivity contribution is -0.138. The van der Waals surface area contributed by atoms with Gasteiger partial charge in [0.25, 0.3) is 0 Å². The van der Waals surface area contributed by atoms with Gasteiger partial charge in [-0.05, 0) is 62.5 Å². The number of nitrogens with one attached hydrogen (secondary N) is 1. The molecule has 4 atom stereocenters. The topological polar surface area (TPSA) is 47.6 Å². The van der Waals surface area contributed by atoms with E-state index >= 15 is 0 Å². The van der Waals surface area contributed by atoms with E-state index in [1.165, 1.54) is 19.3 Å². The number of hydrogen-bond acceptors (Lipinski definition) is 3. The van der Waals surface area contributed by atoms with Gasteiger partial charge in [-0.25, -0.2) is 0 Å². The molecule has 5 rings (SSSR count). The van der Waals surface area contributed by atoms with E-state index in [0.717, 1.165) is 24.9 Å². The van der Waals surface area contributed by atoms with Crippen LogP contribution < -0.4 is 14.8 Å². The number of hydrogen-bond donors (Lipinski definition) is 1. The van der Waals surface area contributed by atoms with Gasteiger partial charge < -0.3 is 14.8 Å². The largest absolute Gasteiger partial charge is 0.493 e. The number of anilines is 1. The molecular weight excluding hydrogens is 370 g/mol. The second-order valence-electron chi connectivity index (χ2n) is 7.92. The van der Waals surface area contributed by atoms with Crippen molar-refractivity contribution in [1.82, 2.24) is 0 Å². The minimum absolute atomic E-state index is 0.174. The lowest BCUT2D eigenvalue weighted by atomic mass is 9.49. The summed E-state index contributed by atoms with van der Waals surface area (Å²) >= 11 is 3.97. The quantitative estimate of drug-likeness (QED) is 0.772. The number of halogens is 1. The number of benzene rings is 1. The third kappa shape index (κ3) is 2.61. The fourth-order valence-electron chi connectivity index (χ4n) is 5.59. The number of amides is 1. The van der Waals surface area contributed by atoms with Gasteiger partial charge in [0.1, 0.15) is 0 Å². The third-order valence-electron chi connectivity index (χ3n) is 6.11. The number of carbonyl (C=O) groups is 1. The first-order valence-corrected chi connectivity index (χ1v) is 9.47. The Labute approximate surface area is 151 Å². The van der Waals surface area contributed by atoms with Gasteiger partial charge in [0.15, 0.2) is 11.5 Å². The van der Waals surface area contributed by atoms with Crippen LogP contribution in [0.3, 0.4) is 0 Å². The minimum Gasteiger partial charge on any atom is -0.493 e. The summed E-state index contributed by atoms with van der Waals surface area (Å²) in [5.41, 5.74) is 0.567. The van der Waals surface area contributed by atoms with Crippen LogP contribution in [0.1, 0.15) is 38.5 Å². The Morgan fingerprint density at radius 3 is 2.38 bits per heavy atom. The highest BCUT2D eigenvalue weighted by atomic mass is 79.9. The number of methoxy groups -OCH3 is 2. The van der Waals surface area contributed by atoms with Crippen molar-refractivity contribution in [2.24, 2.45) is 17.3 Å². The molecule has 0 aliphatic heterocycles. The fourth-order valence-corrected chi connectivity index (χ4v) is 7.05. The predicted octanol–water partition coefficient (Wildman–Crippen LogP) is 4.38. The van der Waals surface area contributed by atoms with Crippen LogP contribution in [0.25, 0.3) is 0 Å². The highest BCUT2D eigenvalue weighted by molar-refractivity contribution is 9.10. The van der Waals surface area contributed by atoms with Gasteiger partial charge in [0, 0.05) is 16.1 Å². The van der Waals surface area contributed by atoms with E-state index in [1.807, 2.05) is 18.2 Å². The van der Waals surface area contributed by atoms with Crippen molar-refractivity contribution in [3.05, 3.63) is 18.2 Å². The first kappa shape index (κ1) is 16.2. The molecule has 0 radical (unpaired) electrons. The molecule has 1 aromatic carbocycles. The number of rotatable bonds is 4. The summed E-state index contributed by atoms with van der Waals surface area (Å²) in [6.07, 6.45) is 6.81. The zero-order valence-corrected chi connectivity index (χ0v) is 15.8. The van der Waals surface area contributed by atoms with Crippen LogP contribution in [-0.2, 0) is 4.79 Å². The molecular formula is C19H24BrNO3. The molecule has 0 heterocycles. The molecule has 2 unspecified atom stereocenters. The zero-order valence-electron chi connectivity index (χ0n) is 14.2. The molecule has 4 saturated carbocycles. The molecule has 0 aromatic heterocycles. The highest BCUT2D eigenvalue weighted by Gasteiger charge is 2.59. The second-order valence-corrected chi connectivity index (χ2v) is 9.60. The third-order valence-corrected chi connectivity index (χ3v) is 7.04. The van der Waals surface area contributed by atoms with Crippen LogP contribution in [0.5, 0.6) is 11.5 Å². The first-order chi connectivity index (χ1) is 11.5. The smallest absolute Gasteiger partial charge is 0.230 e. The normalized spacial score (nSPS) is 36.5. The van der Waals surface area contributed by atoms with Crippen molar-refractivity contribution >= 4 is 27.5 Å². The summed E-state index contributed by atoms with van der Waals surface area (Å²) < 4.78 is 10.8. The maximum absolute atomic E-state index is 13.2. The number of carbonyl (C=O) groups excluding carboxylic acids is 1. The molecule has 4 aliphatic rings. The summed E-state index contributed by atoms with van der Waals surface area (Å²) in [6, 6.07) is 5.55. The van der Waals surface area contributed by atoms with Gasteiger partial charge in [-0.3, -0.25) is 4.79 Å². The lowest BCUT2D eigenvalue weighted by Gasteiger charge is -2.59.